The molecule has 0 radical (unpaired) electrons. The topological polar surface area (TPSA) is 106 Å². The quantitative estimate of drug-likeness (QED) is 0.562. The SMILES string of the molecule is COc1ccc(CN2CCN(C(=O)C(CCSC)NC(N)=O)CC2)c(OC)c1OC. The van der Waals surface area contributed by atoms with Crippen molar-refractivity contribution in [3.8, 4) is 17.2 Å². The number of carbonyl (C=O) groups is 2. The largest absolute Gasteiger partial charge is 0.493 e. The fourth-order valence-electron chi connectivity index (χ4n) is 3.54. The van der Waals surface area contributed by atoms with Gasteiger partial charge >= 0.3 is 6.03 Å². The molecule has 10 heteroatoms. The van der Waals surface area contributed by atoms with Gasteiger partial charge in [-0.2, -0.15) is 11.8 Å². The van der Waals surface area contributed by atoms with E-state index in [0.29, 0.717) is 43.3 Å². The van der Waals surface area contributed by atoms with Crippen LogP contribution in [0.15, 0.2) is 12.1 Å². The number of thioether (sulfide) groups is 1. The van der Waals surface area contributed by atoms with Crippen LogP contribution in [-0.4, -0.2) is 87.3 Å². The number of nitrogens with one attached hydrogen (secondary N) is 1. The Morgan fingerprint density at radius 3 is 2.30 bits per heavy atom. The van der Waals surface area contributed by atoms with Crippen LogP contribution in [0.4, 0.5) is 4.79 Å². The molecule has 0 saturated carbocycles. The number of hydrogen-bond acceptors (Lipinski definition) is 7. The van der Waals surface area contributed by atoms with Crippen LogP contribution in [-0.2, 0) is 11.3 Å². The van der Waals surface area contributed by atoms with Crippen molar-refractivity contribution < 1.29 is 23.8 Å². The Morgan fingerprint density at radius 1 is 1.10 bits per heavy atom. The Kier molecular flexibility index (Phi) is 9.38. The van der Waals surface area contributed by atoms with Gasteiger partial charge in [-0.25, -0.2) is 4.79 Å². The first-order chi connectivity index (χ1) is 14.4. The molecule has 1 saturated heterocycles. The van der Waals surface area contributed by atoms with E-state index in [2.05, 4.69) is 10.2 Å². The summed E-state index contributed by atoms with van der Waals surface area (Å²) in [5.74, 6) is 2.53. The van der Waals surface area contributed by atoms with Gasteiger partial charge in [-0.1, -0.05) is 6.07 Å². The summed E-state index contributed by atoms with van der Waals surface area (Å²) < 4.78 is 16.4. The molecule has 168 valence electrons. The average molecular weight is 441 g/mol. The monoisotopic (exact) mass is 440 g/mol. The van der Waals surface area contributed by atoms with Gasteiger partial charge in [0.05, 0.1) is 21.3 Å². The van der Waals surface area contributed by atoms with Gasteiger partial charge in [0.2, 0.25) is 11.7 Å². The normalized spacial score (nSPS) is 15.4. The van der Waals surface area contributed by atoms with E-state index in [1.54, 1.807) is 38.0 Å². The van der Waals surface area contributed by atoms with E-state index >= 15 is 0 Å². The highest BCUT2D eigenvalue weighted by atomic mass is 32.2. The lowest BCUT2D eigenvalue weighted by atomic mass is 10.1. The Hall–Kier alpha value is -2.33. The zero-order valence-corrected chi connectivity index (χ0v) is 18.9. The minimum absolute atomic E-state index is 0.0776. The molecule has 1 heterocycles. The molecule has 1 atom stereocenters. The van der Waals surface area contributed by atoms with Crippen LogP contribution in [0, 0.1) is 0 Å². The maximum Gasteiger partial charge on any atom is 0.312 e. The number of benzene rings is 1. The molecule has 3 N–H and O–H groups in total. The summed E-state index contributed by atoms with van der Waals surface area (Å²) in [6.07, 6.45) is 2.53. The summed E-state index contributed by atoms with van der Waals surface area (Å²) in [6, 6.07) is 2.58. The Bertz CT molecular complexity index is 725. The van der Waals surface area contributed by atoms with Crippen LogP contribution in [0.2, 0.25) is 0 Å². The van der Waals surface area contributed by atoms with Crippen molar-refractivity contribution in [1.82, 2.24) is 15.1 Å². The lowest BCUT2D eigenvalue weighted by Gasteiger charge is -2.36. The Balaban J connectivity index is 2.00. The van der Waals surface area contributed by atoms with Crippen LogP contribution in [0.25, 0.3) is 0 Å². The number of piperazine rings is 1. The fraction of sp³-hybridized carbons (Fsp3) is 0.600. The van der Waals surface area contributed by atoms with Crippen molar-refractivity contribution in [3.63, 3.8) is 0 Å². The predicted molar refractivity (Wildman–Crippen MR) is 117 cm³/mol. The molecule has 1 unspecified atom stereocenters. The number of ether oxygens (including phenoxy) is 3. The van der Waals surface area contributed by atoms with Gasteiger partial charge in [0.25, 0.3) is 0 Å². The number of carbonyl (C=O) groups excluding carboxylic acids is 2. The van der Waals surface area contributed by atoms with E-state index in [0.717, 1.165) is 24.4 Å². The molecule has 2 rings (SSSR count). The van der Waals surface area contributed by atoms with Gasteiger partial charge in [-0.15, -0.1) is 0 Å². The molecule has 1 aliphatic heterocycles. The number of primary amides is 1. The van der Waals surface area contributed by atoms with Crippen molar-refractivity contribution in [2.45, 2.75) is 19.0 Å². The number of methoxy groups -OCH3 is 3. The second-order valence-electron chi connectivity index (χ2n) is 6.94. The Labute approximate surface area is 182 Å². The standard InChI is InChI=1S/C20H32N4O5S/c1-27-16-6-5-14(17(28-2)18(16)29-3)13-23-8-10-24(11-9-23)19(25)15(7-12-30-4)22-20(21)26/h5-6,15H,7-13H2,1-4H3,(H3,21,22,26). The van der Waals surface area contributed by atoms with Crippen molar-refractivity contribution in [2.24, 2.45) is 5.73 Å². The van der Waals surface area contributed by atoms with Crippen LogP contribution < -0.4 is 25.3 Å². The number of hydrogen-bond donors (Lipinski definition) is 2. The molecule has 1 fully saturated rings. The van der Waals surface area contributed by atoms with Crippen LogP contribution >= 0.6 is 11.8 Å². The first-order valence-corrected chi connectivity index (χ1v) is 11.2. The molecule has 1 aromatic carbocycles. The Morgan fingerprint density at radius 2 is 1.77 bits per heavy atom. The van der Waals surface area contributed by atoms with E-state index in [1.165, 1.54) is 0 Å². The summed E-state index contributed by atoms with van der Waals surface area (Å²) in [5.41, 5.74) is 6.23. The molecule has 0 aromatic heterocycles. The highest BCUT2D eigenvalue weighted by Gasteiger charge is 2.28. The average Bonchev–Trinajstić information content (AvgIpc) is 2.75. The fourth-order valence-corrected chi connectivity index (χ4v) is 4.01. The predicted octanol–water partition coefficient (Wildman–Crippen LogP) is 1.15. The first-order valence-electron chi connectivity index (χ1n) is 9.79. The number of nitrogens with two attached hydrogens (primary N) is 1. The van der Waals surface area contributed by atoms with Crippen LogP contribution in [0.5, 0.6) is 17.2 Å². The molecular weight excluding hydrogens is 408 g/mol. The van der Waals surface area contributed by atoms with Gasteiger partial charge in [0.1, 0.15) is 6.04 Å². The first kappa shape index (κ1) is 23.9. The molecule has 1 aliphatic rings. The van der Waals surface area contributed by atoms with E-state index in [1.807, 2.05) is 18.4 Å². The van der Waals surface area contributed by atoms with Crippen molar-refractivity contribution in [3.05, 3.63) is 17.7 Å². The van der Waals surface area contributed by atoms with Crippen molar-refractivity contribution >= 4 is 23.7 Å². The zero-order chi connectivity index (χ0) is 22.1. The summed E-state index contributed by atoms with van der Waals surface area (Å²) >= 11 is 1.63. The lowest BCUT2D eigenvalue weighted by molar-refractivity contribution is -0.135. The molecule has 30 heavy (non-hydrogen) atoms. The van der Waals surface area contributed by atoms with Gasteiger partial charge in [0, 0.05) is 38.3 Å². The third-order valence-electron chi connectivity index (χ3n) is 5.09. The highest BCUT2D eigenvalue weighted by molar-refractivity contribution is 7.98. The van der Waals surface area contributed by atoms with Gasteiger partial charge in [-0.3, -0.25) is 9.69 Å². The third-order valence-corrected chi connectivity index (χ3v) is 5.73. The third kappa shape index (κ3) is 6.09. The minimum atomic E-state index is -0.673. The lowest BCUT2D eigenvalue weighted by Crippen LogP contribution is -2.55. The summed E-state index contributed by atoms with van der Waals surface area (Å²) in [4.78, 5) is 28.2. The van der Waals surface area contributed by atoms with Gasteiger partial charge in [0.15, 0.2) is 11.5 Å². The van der Waals surface area contributed by atoms with Crippen molar-refractivity contribution in [2.75, 3.05) is 59.5 Å². The second-order valence-corrected chi connectivity index (χ2v) is 7.92. The number of amides is 3. The van der Waals surface area contributed by atoms with Crippen molar-refractivity contribution in [1.29, 1.82) is 0 Å². The molecule has 3 amide bonds. The van der Waals surface area contributed by atoms with E-state index in [4.69, 9.17) is 19.9 Å². The summed E-state index contributed by atoms with van der Waals surface area (Å²) in [6.45, 7) is 3.28. The smallest absolute Gasteiger partial charge is 0.312 e. The van der Waals surface area contributed by atoms with E-state index < -0.39 is 12.1 Å². The minimum Gasteiger partial charge on any atom is -0.493 e. The van der Waals surface area contributed by atoms with E-state index in [-0.39, 0.29) is 5.91 Å². The second kappa shape index (κ2) is 11.8. The molecule has 0 bridgehead atoms. The zero-order valence-electron chi connectivity index (χ0n) is 18.1. The number of rotatable bonds is 10. The molecular formula is C20H32N4O5S. The number of nitrogens with zero attached hydrogens (tertiary/aromatic N) is 2. The van der Waals surface area contributed by atoms with Gasteiger partial charge < -0.3 is 30.2 Å². The van der Waals surface area contributed by atoms with Crippen LogP contribution in [0.1, 0.15) is 12.0 Å². The molecule has 0 aliphatic carbocycles. The van der Waals surface area contributed by atoms with Gasteiger partial charge in [-0.05, 0) is 24.5 Å². The molecule has 0 spiro atoms. The van der Waals surface area contributed by atoms with Crippen LogP contribution in [0.3, 0.4) is 0 Å². The molecule has 1 aromatic rings. The maximum atomic E-state index is 12.8. The highest BCUT2D eigenvalue weighted by Crippen LogP contribution is 2.40. The molecule has 9 nitrogen and oxygen atoms in total. The summed E-state index contributed by atoms with van der Waals surface area (Å²) in [5, 5.41) is 2.58. The summed E-state index contributed by atoms with van der Waals surface area (Å²) in [7, 11) is 4.78. The maximum absolute atomic E-state index is 12.8. The van der Waals surface area contributed by atoms with E-state index in [9.17, 15) is 9.59 Å². The number of urea groups is 1.